The number of fused-ring (bicyclic) bond motifs is 3. The van der Waals surface area contributed by atoms with E-state index in [2.05, 4.69) is 0 Å². The molecule has 0 aliphatic carbocycles. The number of amides is 1. The molecule has 3 aliphatic heterocycles. The lowest BCUT2D eigenvalue weighted by Crippen LogP contribution is -2.52. The van der Waals surface area contributed by atoms with E-state index >= 15 is 0 Å². The fourth-order valence-corrected chi connectivity index (χ4v) is 4.11. The average molecular weight is 367 g/mol. The van der Waals surface area contributed by atoms with Crippen molar-refractivity contribution in [2.75, 3.05) is 13.7 Å². The Balaban J connectivity index is 1.39. The van der Waals surface area contributed by atoms with Gasteiger partial charge in [0.1, 0.15) is 18.2 Å². The summed E-state index contributed by atoms with van der Waals surface area (Å²) in [6.45, 7) is 0.403. The third-order valence-electron chi connectivity index (χ3n) is 5.45. The molecule has 3 aliphatic rings. The van der Waals surface area contributed by atoms with E-state index in [0.717, 1.165) is 5.56 Å². The molecule has 3 fully saturated rings. The number of hydrogen-bond donors (Lipinski definition) is 0. The first-order chi connectivity index (χ1) is 13.3. The molecule has 2 aromatic rings. The summed E-state index contributed by atoms with van der Waals surface area (Å²) >= 11 is 0. The highest BCUT2D eigenvalue weighted by atomic mass is 16.7. The predicted octanol–water partition coefficient (Wildman–Crippen LogP) is 2.37. The van der Waals surface area contributed by atoms with Gasteiger partial charge in [-0.2, -0.15) is 0 Å². The maximum absolute atomic E-state index is 13.0. The second-order valence-corrected chi connectivity index (χ2v) is 7.01. The highest BCUT2D eigenvalue weighted by molar-refractivity contribution is 5.96. The molecule has 0 spiro atoms. The van der Waals surface area contributed by atoms with Gasteiger partial charge in [-0.3, -0.25) is 4.79 Å². The van der Waals surface area contributed by atoms with Crippen LogP contribution in [0, 0.1) is 0 Å². The van der Waals surface area contributed by atoms with Crippen molar-refractivity contribution in [3.8, 4) is 0 Å². The van der Waals surface area contributed by atoms with Gasteiger partial charge in [0.05, 0.1) is 12.6 Å². The second-order valence-electron chi connectivity index (χ2n) is 7.01. The molecule has 2 aromatic carbocycles. The normalized spacial score (nSPS) is 34.5. The summed E-state index contributed by atoms with van der Waals surface area (Å²) in [5.41, 5.74) is 1.62. The lowest BCUT2D eigenvalue weighted by molar-refractivity contribution is -0.304. The lowest BCUT2D eigenvalue weighted by Gasteiger charge is -2.39. The number of ether oxygens (including phenoxy) is 4. The Morgan fingerprint density at radius 2 is 1.70 bits per heavy atom. The molecule has 6 heteroatoms. The zero-order valence-electron chi connectivity index (χ0n) is 14.9. The predicted molar refractivity (Wildman–Crippen MR) is 95.9 cm³/mol. The molecular formula is C21H21NO5. The molecule has 3 heterocycles. The molecule has 0 radical (unpaired) electrons. The van der Waals surface area contributed by atoms with Crippen LogP contribution in [0.15, 0.2) is 60.7 Å². The van der Waals surface area contributed by atoms with Gasteiger partial charge in [-0.05, 0) is 12.1 Å². The van der Waals surface area contributed by atoms with E-state index in [4.69, 9.17) is 18.9 Å². The van der Waals surface area contributed by atoms with Crippen molar-refractivity contribution in [2.45, 2.75) is 36.9 Å². The number of methoxy groups -OCH3 is 1. The minimum absolute atomic E-state index is 0.0248. The highest BCUT2D eigenvalue weighted by Crippen LogP contribution is 2.46. The average Bonchev–Trinajstić information content (AvgIpc) is 3.49. The van der Waals surface area contributed by atoms with E-state index in [1.54, 1.807) is 7.11 Å². The van der Waals surface area contributed by atoms with Gasteiger partial charge >= 0.3 is 0 Å². The van der Waals surface area contributed by atoms with Crippen LogP contribution in [0.2, 0.25) is 0 Å². The molecule has 5 rings (SSSR count). The number of benzene rings is 2. The monoisotopic (exact) mass is 367 g/mol. The summed E-state index contributed by atoms with van der Waals surface area (Å²) in [5.74, 6) is -0.0248. The van der Waals surface area contributed by atoms with Crippen molar-refractivity contribution < 1.29 is 23.7 Å². The van der Waals surface area contributed by atoms with E-state index in [1.165, 1.54) is 0 Å². The molecule has 0 bridgehead atoms. The van der Waals surface area contributed by atoms with Crippen molar-refractivity contribution >= 4 is 5.91 Å². The molecule has 0 N–H and O–H groups in total. The lowest BCUT2D eigenvalue weighted by atomic mass is 10.0. The van der Waals surface area contributed by atoms with Gasteiger partial charge in [0.15, 0.2) is 12.6 Å². The first-order valence-corrected chi connectivity index (χ1v) is 9.16. The van der Waals surface area contributed by atoms with Crippen LogP contribution in [0.5, 0.6) is 0 Å². The molecule has 3 unspecified atom stereocenters. The SMILES string of the molecule is COC1OC2COC(c3ccccc3)O[C@@H]2[C@H]2[C@@H]1N2C(=O)c1ccccc1. The zero-order chi connectivity index (χ0) is 18.4. The van der Waals surface area contributed by atoms with Crippen LogP contribution < -0.4 is 0 Å². The second kappa shape index (κ2) is 6.73. The molecular weight excluding hydrogens is 346 g/mol. The number of carbonyl (C=O) groups excluding carboxylic acids is 1. The van der Waals surface area contributed by atoms with Gasteiger partial charge in [0, 0.05) is 18.2 Å². The van der Waals surface area contributed by atoms with Crippen molar-refractivity contribution in [3.05, 3.63) is 71.8 Å². The smallest absolute Gasteiger partial charge is 0.254 e. The first-order valence-electron chi connectivity index (χ1n) is 9.16. The number of rotatable bonds is 3. The van der Waals surface area contributed by atoms with Crippen LogP contribution in [0.1, 0.15) is 22.2 Å². The molecule has 3 saturated heterocycles. The van der Waals surface area contributed by atoms with Gasteiger partial charge in [0.25, 0.3) is 5.91 Å². The van der Waals surface area contributed by atoms with Gasteiger partial charge in [-0.25, -0.2) is 0 Å². The quantitative estimate of drug-likeness (QED) is 0.780. The topological polar surface area (TPSA) is 57.0 Å². The summed E-state index contributed by atoms with van der Waals surface area (Å²) < 4.78 is 23.6. The molecule has 1 amide bonds. The summed E-state index contributed by atoms with van der Waals surface area (Å²) in [6, 6.07) is 18.9. The van der Waals surface area contributed by atoms with Crippen molar-refractivity contribution in [1.82, 2.24) is 4.90 Å². The standard InChI is InChI=1S/C21H21NO5/c1-24-21-17-16(22(17)19(23)13-8-4-2-5-9-13)18-15(26-21)12-25-20(27-18)14-10-6-3-7-11-14/h2-11,15-18,20-21H,12H2,1H3/t15?,16-,17+,18+,20?,21?,22?/m1/s1. The molecule has 27 heavy (non-hydrogen) atoms. The Kier molecular flexibility index (Phi) is 4.21. The molecule has 6 nitrogen and oxygen atoms in total. The Morgan fingerprint density at radius 1 is 1.00 bits per heavy atom. The van der Waals surface area contributed by atoms with E-state index < -0.39 is 12.6 Å². The van der Waals surface area contributed by atoms with Crippen LogP contribution in [0.25, 0.3) is 0 Å². The third kappa shape index (κ3) is 2.85. The molecule has 0 aromatic heterocycles. The number of hydrogen-bond acceptors (Lipinski definition) is 5. The van der Waals surface area contributed by atoms with Crippen LogP contribution in [-0.4, -0.2) is 55.1 Å². The zero-order valence-corrected chi connectivity index (χ0v) is 14.9. The fourth-order valence-electron chi connectivity index (χ4n) is 4.11. The van der Waals surface area contributed by atoms with E-state index in [9.17, 15) is 4.79 Å². The van der Waals surface area contributed by atoms with Crippen LogP contribution in [0.4, 0.5) is 0 Å². The Hall–Kier alpha value is -2.25. The van der Waals surface area contributed by atoms with Crippen LogP contribution in [0.3, 0.4) is 0 Å². The van der Waals surface area contributed by atoms with E-state index in [1.807, 2.05) is 65.6 Å². The summed E-state index contributed by atoms with van der Waals surface area (Å²) in [5, 5.41) is 0. The maximum Gasteiger partial charge on any atom is 0.254 e. The van der Waals surface area contributed by atoms with Crippen molar-refractivity contribution in [2.24, 2.45) is 0 Å². The van der Waals surface area contributed by atoms with E-state index in [0.29, 0.717) is 12.2 Å². The van der Waals surface area contributed by atoms with Crippen molar-refractivity contribution in [3.63, 3.8) is 0 Å². The van der Waals surface area contributed by atoms with Gasteiger partial charge in [0.2, 0.25) is 0 Å². The van der Waals surface area contributed by atoms with Crippen LogP contribution >= 0.6 is 0 Å². The van der Waals surface area contributed by atoms with Gasteiger partial charge < -0.3 is 23.8 Å². The first kappa shape index (κ1) is 16.9. The number of nitrogens with zero attached hydrogens (tertiary/aromatic N) is 1. The third-order valence-corrected chi connectivity index (χ3v) is 5.45. The molecule has 0 saturated carbocycles. The molecule has 140 valence electrons. The van der Waals surface area contributed by atoms with Crippen LogP contribution in [-0.2, 0) is 18.9 Å². The number of carbonyl (C=O) groups is 1. The Morgan fingerprint density at radius 3 is 2.41 bits per heavy atom. The summed E-state index contributed by atoms with van der Waals surface area (Å²) in [6.07, 6.45) is -1.42. The molecule has 6 atom stereocenters. The Labute approximate surface area is 157 Å². The fraction of sp³-hybridized carbons (Fsp3) is 0.381. The Bertz CT molecular complexity index is 814. The summed E-state index contributed by atoms with van der Waals surface area (Å²) in [7, 11) is 1.60. The largest absolute Gasteiger partial charge is 0.354 e. The minimum atomic E-state index is -0.468. The van der Waals surface area contributed by atoms with Crippen molar-refractivity contribution in [1.29, 1.82) is 0 Å². The summed E-state index contributed by atoms with van der Waals surface area (Å²) in [4.78, 5) is 14.8. The minimum Gasteiger partial charge on any atom is -0.354 e. The maximum atomic E-state index is 13.0. The van der Waals surface area contributed by atoms with E-state index in [-0.39, 0.29) is 30.2 Å². The highest BCUT2D eigenvalue weighted by Gasteiger charge is 2.66. The van der Waals surface area contributed by atoms with Gasteiger partial charge in [-0.1, -0.05) is 48.5 Å². The van der Waals surface area contributed by atoms with Gasteiger partial charge in [-0.15, -0.1) is 0 Å².